The highest BCUT2D eigenvalue weighted by Gasteiger charge is 2.20. The van der Waals surface area contributed by atoms with E-state index in [1.807, 2.05) is 33.1 Å². The zero-order valence-corrected chi connectivity index (χ0v) is 16.3. The van der Waals surface area contributed by atoms with Crippen LogP contribution in [0.4, 0.5) is 0 Å². The SMILES string of the molecule is CCC(C)(C)NC(=O)COC(=O)c1ccccc1OCc1csc(C)n1. The van der Waals surface area contributed by atoms with Crippen LogP contribution in [-0.4, -0.2) is 29.0 Å². The maximum absolute atomic E-state index is 12.3. The van der Waals surface area contributed by atoms with E-state index in [0.29, 0.717) is 5.75 Å². The Hall–Kier alpha value is -2.41. The van der Waals surface area contributed by atoms with Gasteiger partial charge in [0.15, 0.2) is 6.61 Å². The van der Waals surface area contributed by atoms with Gasteiger partial charge in [0, 0.05) is 10.9 Å². The highest BCUT2D eigenvalue weighted by molar-refractivity contribution is 7.09. The summed E-state index contributed by atoms with van der Waals surface area (Å²) >= 11 is 1.54. The number of esters is 1. The lowest BCUT2D eigenvalue weighted by Crippen LogP contribution is -2.44. The Morgan fingerprint density at radius 2 is 2.00 bits per heavy atom. The number of aryl methyl sites for hydroxylation is 1. The van der Waals surface area contributed by atoms with Crippen LogP contribution in [0.25, 0.3) is 0 Å². The zero-order valence-electron chi connectivity index (χ0n) is 15.5. The number of rotatable bonds is 8. The molecule has 2 aromatic rings. The molecule has 0 aliphatic rings. The van der Waals surface area contributed by atoms with E-state index < -0.39 is 5.97 Å². The summed E-state index contributed by atoms with van der Waals surface area (Å²) in [6, 6.07) is 6.79. The predicted molar refractivity (Wildman–Crippen MR) is 100 cm³/mol. The second-order valence-electron chi connectivity index (χ2n) is 6.50. The zero-order chi connectivity index (χ0) is 19.2. The normalized spacial score (nSPS) is 11.1. The average molecular weight is 376 g/mol. The Bertz CT molecular complexity index is 770. The summed E-state index contributed by atoms with van der Waals surface area (Å²) in [5, 5.41) is 5.69. The molecule has 0 bridgehead atoms. The summed E-state index contributed by atoms with van der Waals surface area (Å²) in [4.78, 5) is 28.6. The molecule has 140 valence electrons. The van der Waals surface area contributed by atoms with Gasteiger partial charge in [-0.3, -0.25) is 4.79 Å². The third-order valence-electron chi connectivity index (χ3n) is 3.85. The van der Waals surface area contributed by atoms with Gasteiger partial charge >= 0.3 is 5.97 Å². The molecule has 0 saturated carbocycles. The third-order valence-corrected chi connectivity index (χ3v) is 4.67. The Labute approximate surface area is 157 Å². The molecule has 7 heteroatoms. The van der Waals surface area contributed by atoms with Gasteiger partial charge in [0.2, 0.25) is 0 Å². The molecule has 6 nitrogen and oxygen atoms in total. The monoisotopic (exact) mass is 376 g/mol. The number of benzene rings is 1. The van der Waals surface area contributed by atoms with Gasteiger partial charge in [0.05, 0.1) is 10.7 Å². The van der Waals surface area contributed by atoms with Gasteiger partial charge in [-0.2, -0.15) is 0 Å². The summed E-state index contributed by atoms with van der Waals surface area (Å²) in [5.41, 5.74) is 0.745. The molecule has 26 heavy (non-hydrogen) atoms. The smallest absolute Gasteiger partial charge is 0.342 e. The van der Waals surface area contributed by atoms with Gasteiger partial charge in [0.25, 0.3) is 5.91 Å². The van der Waals surface area contributed by atoms with Gasteiger partial charge in [-0.15, -0.1) is 11.3 Å². The number of aromatic nitrogens is 1. The first-order valence-corrected chi connectivity index (χ1v) is 9.29. The predicted octanol–water partition coefficient (Wildman–Crippen LogP) is 3.49. The maximum Gasteiger partial charge on any atom is 0.342 e. The second-order valence-corrected chi connectivity index (χ2v) is 7.57. The number of amides is 1. The molecular formula is C19H24N2O4S. The lowest BCUT2D eigenvalue weighted by atomic mass is 10.0. The molecular weight excluding hydrogens is 352 g/mol. The summed E-state index contributed by atoms with van der Waals surface area (Å²) in [6.45, 7) is 7.65. The summed E-state index contributed by atoms with van der Waals surface area (Å²) in [7, 11) is 0. The molecule has 0 fully saturated rings. The topological polar surface area (TPSA) is 77.5 Å². The van der Waals surface area contributed by atoms with Crippen LogP contribution < -0.4 is 10.1 Å². The van der Waals surface area contributed by atoms with Crippen LogP contribution in [0.3, 0.4) is 0 Å². The molecule has 0 atom stereocenters. The van der Waals surface area contributed by atoms with Crippen molar-refractivity contribution >= 4 is 23.2 Å². The van der Waals surface area contributed by atoms with Crippen molar-refractivity contribution in [2.75, 3.05) is 6.61 Å². The van der Waals surface area contributed by atoms with Gasteiger partial charge in [-0.05, 0) is 39.3 Å². The number of hydrogen-bond acceptors (Lipinski definition) is 6. The standard InChI is InChI=1S/C19H24N2O4S/c1-5-19(3,4)21-17(22)11-25-18(23)15-8-6-7-9-16(15)24-10-14-12-26-13(2)20-14/h6-9,12H,5,10-11H2,1-4H3,(H,21,22). The van der Waals surface area contributed by atoms with E-state index in [2.05, 4.69) is 10.3 Å². The van der Waals surface area contributed by atoms with Crippen LogP contribution in [0.2, 0.25) is 0 Å². The van der Waals surface area contributed by atoms with Gasteiger partial charge < -0.3 is 14.8 Å². The van der Waals surface area contributed by atoms with Crippen LogP contribution in [0.1, 0.15) is 48.3 Å². The van der Waals surface area contributed by atoms with Crippen molar-refractivity contribution in [2.24, 2.45) is 0 Å². The minimum absolute atomic E-state index is 0.264. The Kier molecular flexibility index (Phi) is 6.74. The number of ether oxygens (including phenoxy) is 2. The Balaban J connectivity index is 1.95. The molecule has 1 N–H and O–H groups in total. The minimum Gasteiger partial charge on any atom is -0.486 e. The molecule has 1 aromatic carbocycles. The number of thiazole rings is 1. The average Bonchev–Trinajstić information content (AvgIpc) is 3.03. The summed E-state index contributed by atoms with van der Waals surface area (Å²) < 4.78 is 10.8. The highest BCUT2D eigenvalue weighted by atomic mass is 32.1. The van der Waals surface area contributed by atoms with E-state index in [1.165, 1.54) is 0 Å². The van der Waals surface area contributed by atoms with Crippen molar-refractivity contribution in [3.63, 3.8) is 0 Å². The summed E-state index contributed by atoms with van der Waals surface area (Å²) in [6.07, 6.45) is 0.777. The molecule has 0 unspecified atom stereocenters. The number of carbonyl (C=O) groups excluding carboxylic acids is 2. The van der Waals surface area contributed by atoms with Crippen molar-refractivity contribution in [3.8, 4) is 5.75 Å². The number of carbonyl (C=O) groups is 2. The molecule has 0 aliphatic carbocycles. The molecule has 0 aliphatic heterocycles. The quantitative estimate of drug-likeness (QED) is 0.714. The first-order valence-electron chi connectivity index (χ1n) is 8.41. The fraction of sp³-hybridized carbons (Fsp3) is 0.421. The van der Waals surface area contributed by atoms with E-state index in [1.54, 1.807) is 35.6 Å². The highest BCUT2D eigenvalue weighted by Crippen LogP contribution is 2.21. The Morgan fingerprint density at radius 3 is 2.65 bits per heavy atom. The van der Waals surface area contributed by atoms with Crippen molar-refractivity contribution in [1.29, 1.82) is 0 Å². The molecule has 1 amide bonds. The van der Waals surface area contributed by atoms with Crippen molar-refractivity contribution in [2.45, 2.75) is 46.3 Å². The molecule has 0 saturated heterocycles. The van der Waals surface area contributed by atoms with Crippen molar-refractivity contribution < 1.29 is 19.1 Å². The molecule has 0 radical (unpaired) electrons. The lowest BCUT2D eigenvalue weighted by molar-refractivity contribution is -0.125. The largest absolute Gasteiger partial charge is 0.486 e. The van der Waals surface area contributed by atoms with Crippen LogP contribution in [-0.2, 0) is 16.1 Å². The van der Waals surface area contributed by atoms with E-state index in [4.69, 9.17) is 9.47 Å². The van der Waals surface area contributed by atoms with Crippen LogP contribution in [0.15, 0.2) is 29.6 Å². The van der Waals surface area contributed by atoms with Gasteiger partial charge in [-0.25, -0.2) is 9.78 Å². The van der Waals surface area contributed by atoms with E-state index in [9.17, 15) is 9.59 Å². The second kappa shape index (κ2) is 8.80. The number of nitrogens with one attached hydrogen (secondary N) is 1. The van der Waals surface area contributed by atoms with E-state index in [0.717, 1.165) is 17.1 Å². The Morgan fingerprint density at radius 1 is 1.27 bits per heavy atom. The van der Waals surface area contributed by atoms with Crippen molar-refractivity contribution in [3.05, 3.63) is 45.9 Å². The number of para-hydroxylation sites is 1. The van der Waals surface area contributed by atoms with E-state index >= 15 is 0 Å². The van der Waals surface area contributed by atoms with Crippen LogP contribution in [0, 0.1) is 6.92 Å². The van der Waals surface area contributed by atoms with Gasteiger partial charge in [-0.1, -0.05) is 19.1 Å². The molecule has 1 heterocycles. The minimum atomic E-state index is -0.598. The number of nitrogens with zero attached hydrogens (tertiary/aromatic N) is 1. The number of hydrogen-bond donors (Lipinski definition) is 1. The molecule has 0 spiro atoms. The first-order chi connectivity index (χ1) is 12.3. The first kappa shape index (κ1) is 19.9. The molecule has 1 aromatic heterocycles. The molecule has 2 rings (SSSR count). The van der Waals surface area contributed by atoms with Gasteiger partial charge in [0.1, 0.15) is 17.9 Å². The van der Waals surface area contributed by atoms with Crippen LogP contribution in [0.5, 0.6) is 5.75 Å². The summed E-state index contributed by atoms with van der Waals surface area (Å²) in [5.74, 6) is -0.529. The van der Waals surface area contributed by atoms with E-state index in [-0.39, 0.29) is 30.2 Å². The van der Waals surface area contributed by atoms with Crippen molar-refractivity contribution in [1.82, 2.24) is 10.3 Å². The lowest BCUT2D eigenvalue weighted by Gasteiger charge is -2.24. The maximum atomic E-state index is 12.3. The third kappa shape index (κ3) is 5.84. The fourth-order valence-corrected chi connectivity index (χ4v) is 2.70. The fourth-order valence-electron chi connectivity index (χ4n) is 2.10. The van der Waals surface area contributed by atoms with Crippen LogP contribution >= 0.6 is 11.3 Å².